The van der Waals surface area contributed by atoms with E-state index in [0.717, 1.165) is 6.42 Å². The number of carbonyl (C=O) groups excluding carboxylic acids is 1. The highest BCUT2D eigenvalue weighted by Crippen LogP contribution is 2.38. The van der Waals surface area contributed by atoms with E-state index in [2.05, 4.69) is 63.7 Å². The van der Waals surface area contributed by atoms with E-state index in [0.29, 0.717) is 0 Å². The molecule has 0 aromatic heterocycles. The standard InChI is InChI=1S/C23H34O3Si/c1-19(18-20-14-10-8-11-15-20)21(26-27(6,7)23(2,3)4)16-12-9-13-17-22(24)25-5/h8-15,17-18,21H,16H2,1-7H3/b12-9?,17-13?,19-18+/t21-/m1/s1. The Morgan fingerprint density at radius 2 is 1.78 bits per heavy atom. The quantitative estimate of drug-likeness (QED) is 0.232. The minimum Gasteiger partial charge on any atom is -0.466 e. The van der Waals surface area contributed by atoms with Crippen molar-refractivity contribution in [1.82, 2.24) is 0 Å². The zero-order valence-electron chi connectivity index (χ0n) is 17.8. The Balaban J connectivity index is 2.98. The second-order valence-electron chi connectivity index (χ2n) is 8.21. The summed E-state index contributed by atoms with van der Waals surface area (Å²) in [4.78, 5) is 11.1. The lowest BCUT2D eigenvalue weighted by Gasteiger charge is -2.39. The summed E-state index contributed by atoms with van der Waals surface area (Å²) in [6.45, 7) is 13.4. The van der Waals surface area contributed by atoms with E-state index in [9.17, 15) is 4.79 Å². The van der Waals surface area contributed by atoms with Crippen molar-refractivity contribution in [3.63, 3.8) is 0 Å². The summed E-state index contributed by atoms with van der Waals surface area (Å²) in [7, 11) is -0.535. The third-order valence-electron chi connectivity index (χ3n) is 4.98. The molecule has 0 saturated carbocycles. The molecule has 0 unspecified atom stereocenters. The van der Waals surface area contributed by atoms with Crippen LogP contribution in [0, 0.1) is 0 Å². The van der Waals surface area contributed by atoms with Gasteiger partial charge in [-0.3, -0.25) is 0 Å². The van der Waals surface area contributed by atoms with Gasteiger partial charge in [-0.25, -0.2) is 4.79 Å². The van der Waals surface area contributed by atoms with E-state index in [-0.39, 0.29) is 17.1 Å². The van der Waals surface area contributed by atoms with Gasteiger partial charge in [-0.05, 0) is 42.6 Å². The first kappa shape index (κ1) is 23.1. The van der Waals surface area contributed by atoms with Gasteiger partial charge in [0.2, 0.25) is 0 Å². The molecule has 0 aliphatic carbocycles. The number of allylic oxidation sites excluding steroid dienone is 2. The maximum Gasteiger partial charge on any atom is 0.330 e. The molecule has 0 bridgehead atoms. The number of rotatable bonds is 8. The van der Waals surface area contributed by atoms with E-state index in [1.807, 2.05) is 30.4 Å². The lowest BCUT2D eigenvalue weighted by Crippen LogP contribution is -2.44. The van der Waals surface area contributed by atoms with Gasteiger partial charge in [0.05, 0.1) is 13.2 Å². The lowest BCUT2D eigenvalue weighted by molar-refractivity contribution is -0.134. The minimum atomic E-state index is -1.91. The summed E-state index contributed by atoms with van der Waals surface area (Å²) >= 11 is 0. The smallest absolute Gasteiger partial charge is 0.330 e. The summed E-state index contributed by atoms with van der Waals surface area (Å²) in [5.41, 5.74) is 2.38. The van der Waals surface area contributed by atoms with Gasteiger partial charge in [0.1, 0.15) is 0 Å². The Kier molecular flexibility index (Phi) is 8.93. The number of esters is 1. The average Bonchev–Trinajstić information content (AvgIpc) is 2.59. The van der Waals surface area contributed by atoms with Crippen molar-refractivity contribution in [3.8, 4) is 0 Å². The first-order valence-electron chi connectivity index (χ1n) is 9.39. The van der Waals surface area contributed by atoms with E-state index >= 15 is 0 Å². The van der Waals surface area contributed by atoms with Crippen LogP contribution in [0.1, 0.15) is 39.7 Å². The highest BCUT2D eigenvalue weighted by molar-refractivity contribution is 6.74. The summed E-state index contributed by atoms with van der Waals surface area (Å²) in [6, 6.07) is 10.3. The molecular formula is C23H34O3Si. The number of methoxy groups -OCH3 is 1. The monoisotopic (exact) mass is 386 g/mol. The van der Waals surface area contributed by atoms with Crippen LogP contribution < -0.4 is 0 Å². The van der Waals surface area contributed by atoms with E-state index in [4.69, 9.17) is 4.43 Å². The molecule has 0 saturated heterocycles. The first-order chi connectivity index (χ1) is 12.6. The molecule has 27 heavy (non-hydrogen) atoms. The molecule has 4 heteroatoms. The molecule has 3 nitrogen and oxygen atoms in total. The van der Waals surface area contributed by atoms with Crippen LogP contribution in [0.4, 0.5) is 0 Å². The predicted octanol–water partition coefficient (Wildman–Crippen LogP) is 6.16. The van der Waals surface area contributed by atoms with Crippen LogP contribution in [-0.4, -0.2) is 27.5 Å². The van der Waals surface area contributed by atoms with Gasteiger partial charge in [0, 0.05) is 6.08 Å². The van der Waals surface area contributed by atoms with Crippen LogP contribution in [-0.2, 0) is 14.0 Å². The molecule has 1 atom stereocenters. The Morgan fingerprint density at radius 1 is 1.15 bits per heavy atom. The normalized spacial score (nSPS) is 14.7. The molecule has 0 amide bonds. The first-order valence-corrected chi connectivity index (χ1v) is 12.3. The Hall–Kier alpha value is -1.91. The van der Waals surface area contributed by atoms with Crippen molar-refractivity contribution in [3.05, 3.63) is 65.8 Å². The van der Waals surface area contributed by atoms with Crippen LogP contribution in [0.5, 0.6) is 0 Å². The Morgan fingerprint density at radius 3 is 2.33 bits per heavy atom. The van der Waals surface area contributed by atoms with Gasteiger partial charge in [0.15, 0.2) is 8.32 Å². The maximum absolute atomic E-state index is 11.1. The zero-order valence-corrected chi connectivity index (χ0v) is 18.8. The van der Waals surface area contributed by atoms with Crippen molar-refractivity contribution < 1.29 is 14.0 Å². The molecule has 1 aromatic rings. The third-order valence-corrected chi connectivity index (χ3v) is 9.46. The topological polar surface area (TPSA) is 35.5 Å². The van der Waals surface area contributed by atoms with Crippen LogP contribution >= 0.6 is 0 Å². The van der Waals surface area contributed by atoms with E-state index in [1.54, 1.807) is 6.08 Å². The highest BCUT2D eigenvalue weighted by Gasteiger charge is 2.39. The molecule has 0 aliphatic rings. The molecule has 0 spiro atoms. The molecule has 148 valence electrons. The summed E-state index contributed by atoms with van der Waals surface area (Å²) < 4.78 is 11.3. The fourth-order valence-electron chi connectivity index (χ4n) is 2.25. The van der Waals surface area contributed by atoms with Gasteiger partial charge in [-0.2, -0.15) is 0 Å². The molecule has 1 rings (SSSR count). The van der Waals surface area contributed by atoms with Gasteiger partial charge in [-0.15, -0.1) is 0 Å². The molecule has 0 heterocycles. The highest BCUT2D eigenvalue weighted by atomic mass is 28.4. The number of ether oxygens (including phenoxy) is 1. The van der Waals surface area contributed by atoms with Crippen LogP contribution in [0.3, 0.4) is 0 Å². The fraction of sp³-hybridized carbons (Fsp3) is 0.435. The Labute approximate surface area is 165 Å². The van der Waals surface area contributed by atoms with E-state index in [1.165, 1.54) is 24.3 Å². The lowest BCUT2D eigenvalue weighted by atomic mass is 10.0. The van der Waals surface area contributed by atoms with Crippen LogP contribution in [0.25, 0.3) is 6.08 Å². The largest absolute Gasteiger partial charge is 0.466 e. The van der Waals surface area contributed by atoms with Crippen molar-refractivity contribution in [2.75, 3.05) is 7.11 Å². The summed E-state index contributed by atoms with van der Waals surface area (Å²) in [6.07, 6.45) is 9.98. The molecule has 0 N–H and O–H groups in total. The van der Waals surface area contributed by atoms with Crippen molar-refractivity contribution >= 4 is 20.4 Å². The van der Waals surface area contributed by atoms with Gasteiger partial charge >= 0.3 is 5.97 Å². The maximum atomic E-state index is 11.1. The van der Waals surface area contributed by atoms with Crippen LogP contribution in [0.15, 0.2) is 60.2 Å². The average molecular weight is 387 g/mol. The van der Waals surface area contributed by atoms with Crippen molar-refractivity contribution in [1.29, 1.82) is 0 Å². The minimum absolute atomic E-state index is 0.00822. The number of carbonyl (C=O) groups is 1. The third kappa shape index (κ3) is 8.10. The van der Waals surface area contributed by atoms with Crippen molar-refractivity contribution in [2.45, 2.75) is 58.4 Å². The number of benzene rings is 1. The predicted molar refractivity (Wildman–Crippen MR) is 117 cm³/mol. The fourth-order valence-corrected chi connectivity index (χ4v) is 3.59. The van der Waals surface area contributed by atoms with Gasteiger partial charge in [0.25, 0.3) is 0 Å². The molecule has 1 aromatic carbocycles. The molecule has 0 aliphatic heterocycles. The number of hydrogen-bond acceptors (Lipinski definition) is 3. The van der Waals surface area contributed by atoms with Crippen LogP contribution in [0.2, 0.25) is 18.1 Å². The van der Waals surface area contributed by atoms with E-state index < -0.39 is 8.32 Å². The SMILES string of the molecule is COC(=O)C=CC=CC[C@@H](O[Si](C)(C)C(C)(C)C)/C(C)=C/c1ccccc1. The zero-order chi connectivity index (χ0) is 20.5. The summed E-state index contributed by atoms with van der Waals surface area (Å²) in [5, 5.41) is 0.146. The molecule has 0 fully saturated rings. The second-order valence-corrected chi connectivity index (χ2v) is 13.0. The summed E-state index contributed by atoms with van der Waals surface area (Å²) in [5.74, 6) is -0.353. The van der Waals surface area contributed by atoms with Gasteiger partial charge in [-0.1, -0.05) is 75.4 Å². The van der Waals surface area contributed by atoms with Crippen molar-refractivity contribution in [2.24, 2.45) is 0 Å². The molecule has 0 radical (unpaired) electrons. The molecular weight excluding hydrogens is 352 g/mol. The van der Waals surface area contributed by atoms with Gasteiger partial charge < -0.3 is 9.16 Å². The Bertz CT molecular complexity index is 679. The second kappa shape index (κ2) is 10.4. The number of hydrogen-bond donors (Lipinski definition) is 0.